The molecular weight excluding hydrogens is 204 g/mol. The quantitative estimate of drug-likeness (QED) is 0.643. The summed E-state index contributed by atoms with van der Waals surface area (Å²) in [4.78, 5) is 4.22. The van der Waals surface area contributed by atoms with Crippen LogP contribution in [0.25, 0.3) is 0 Å². The maximum absolute atomic E-state index is 4.22. The second kappa shape index (κ2) is 3.43. The smallest absolute Gasteiger partial charge is 0.264 e. The van der Waals surface area contributed by atoms with Crippen LogP contribution in [0, 0.1) is 0 Å². The van der Waals surface area contributed by atoms with Crippen LogP contribution in [-0.4, -0.2) is 33.0 Å². The first kappa shape index (κ1) is 11.9. The maximum atomic E-state index is 4.22. The van der Waals surface area contributed by atoms with Crippen molar-refractivity contribution < 1.29 is 3.81 Å². The molecule has 1 aliphatic heterocycles. The molecule has 0 unspecified atom stereocenters. The maximum Gasteiger partial charge on any atom is 0.264 e. The zero-order chi connectivity index (χ0) is 11.0. The fourth-order valence-electron chi connectivity index (χ4n) is 2.45. The molecule has 0 spiro atoms. The van der Waals surface area contributed by atoms with E-state index in [0.29, 0.717) is 0 Å². The highest BCUT2D eigenvalue weighted by Crippen LogP contribution is 2.32. The lowest BCUT2D eigenvalue weighted by molar-refractivity contribution is -0.659. The predicted molar refractivity (Wildman–Crippen MR) is 69.5 cm³/mol. The van der Waals surface area contributed by atoms with E-state index in [2.05, 4.69) is 56.7 Å². The van der Waals surface area contributed by atoms with Gasteiger partial charge in [-0.2, -0.15) is 0 Å². The van der Waals surface area contributed by atoms with Gasteiger partial charge < -0.3 is 3.81 Å². The van der Waals surface area contributed by atoms with Crippen LogP contribution >= 0.6 is 0 Å². The summed E-state index contributed by atoms with van der Waals surface area (Å²) in [5.41, 5.74) is 0. The minimum absolute atomic E-state index is 1.11. The van der Waals surface area contributed by atoms with E-state index in [-0.39, 0.29) is 0 Å². The predicted octanol–water partition coefficient (Wildman–Crippen LogP) is 3.03. The van der Waals surface area contributed by atoms with Gasteiger partial charge in [-0.15, -0.1) is 0 Å². The molecule has 1 heterocycles. The Morgan fingerprint density at radius 2 is 1.50 bits per heavy atom. The van der Waals surface area contributed by atoms with Crippen molar-refractivity contribution in [2.75, 3.05) is 6.54 Å². The Bertz CT molecular complexity index is 255. The molecule has 0 saturated heterocycles. The number of nitrogens with zero attached hydrogens (tertiary/aromatic N) is 2. The second-order valence-electron chi connectivity index (χ2n) is 6.02. The monoisotopic (exact) mass is 227 g/mol. The topological polar surface area (TPSA) is 12.4 Å². The van der Waals surface area contributed by atoms with Gasteiger partial charge in [-0.25, -0.2) is 0 Å². The van der Waals surface area contributed by atoms with Gasteiger partial charge in [-0.3, -0.25) is 4.99 Å². The normalized spacial score (nSPS) is 21.3. The molecule has 0 saturated carbocycles. The summed E-state index contributed by atoms with van der Waals surface area (Å²) in [6.07, 6.45) is 6.45. The molecule has 2 nitrogen and oxygen atoms in total. The zero-order valence-corrected chi connectivity index (χ0v) is 12.3. The minimum Gasteiger partial charge on any atom is -0.412 e. The third-order valence-electron chi connectivity index (χ3n) is 3.28. The van der Waals surface area contributed by atoms with Gasteiger partial charge in [-0.05, 0) is 39.3 Å². The number of rotatable bonds is 2. The molecule has 1 rings (SSSR count). The Labute approximate surface area is 90.1 Å². The van der Waals surface area contributed by atoms with E-state index in [1.807, 2.05) is 6.20 Å². The van der Waals surface area contributed by atoms with Gasteiger partial charge in [0.1, 0.15) is 0 Å². The molecule has 14 heavy (non-hydrogen) atoms. The summed E-state index contributed by atoms with van der Waals surface area (Å²) in [6, 6.07) is 0. The molecule has 1 aliphatic rings. The Kier molecular flexibility index (Phi) is 2.91. The molecule has 0 aromatic carbocycles. The Morgan fingerprint density at radius 3 is 1.71 bits per heavy atom. The molecule has 0 aromatic rings. The van der Waals surface area contributed by atoms with E-state index < -0.39 is 16.5 Å². The van der Waals surface area contributed by atoms with E-state index in [0.717, 1.165) is 6.54 Å². The van der Waals surface area contributed by atoms with Gasteiger partial charge >= 0.3 is 0 Å². The summed E-state index contributed by atoms with van der Waals surface area (Å²) in [5, 5.41) is 0. The molecule has 80 valence electrons. The Morgan fingerprint density at radius 1 is 1.00 bits per heavy atom. The van der Waals surface area contributed by atoms with Crippen LogP contribution in [0.3, 0.4) is 0 Å². The molecular formula is C10H23N2Si2+. The van der Waals surface area contributed by atoms with Crippen LogP contribution in [0.15, 0.2) is 17.4 Å². The minimum atomic E-state index is -1.22. The van der Waals surface area contributed by atoms with Crippen molar-refractivity contribution in [1.29, 1.82) is 0 Å². The number of hydrogen-bond acceptors (Lipinski definition) is 1. The van der Waals surface area contributed by atoms with Crippen molar-refractivity contribution >= 4 is 22.7 Å². The highest BCUT2D eigenvalue weighted by atomic mass is 28.4. The van der Waals surface area contributed by atoms with Crippen molar-refractivity contribution in [1.82, 2.24) is 0 Å². The highest BCUT2D eigenvalue weighted by Gasteiger charge is 2.50. The molecule has 0 aliphatic carbocycles. The van der Waals surface area contributed by atoms with E-state index in [1.165, 1.54) is 3.81 Å². The van der Waals surface area contributed by atoms with Crippen LogP contribution in [0.4, 0.5) is 0 Å². The fraction of sp³-hybridized carbons (Fsp3) is 0.700. The van der Waals surface area contributed by atoms with Crippen molar-refractivity contribution in [2.24, 2.45) is 4.99 Å². The molecule has 0 atom stereocenters. The lowest BCUT2D eigenvalue weighted by Gasteiger charge is -2.54. The van der Waals surface area contributed by atoms with Gasteiger partial charge in [0.15, 0.2) is 0 Å². The van der Waals surface area contributed by atoms with Crippen molar-refractivity contribution in [3.8, 4) is 0 Å². The summed E-state index contributed by atoms with van der Waals surface area (Å²) in [5.74, 6) is 0. The first-order valence-corrected chi connectivity index (χ1v) is 12.2. The lowest BCUT2D eigenvalue weighted by atomic mass is 10.6. The van der Waals surface area contributed by atoms with E-state index in [1.54, 1.807) is 0 Å². The van der Waals surface area contributed by atoms with Gasteiger partial charge in [0.05, 0.1) is 25.2 Å². The van der Waals surface area contributed by atoms with Crippen molar-refractivity contribution in [3.05, 3.63) is 12.4 Å². The fourth-order valence-corrected chi connectivity index (χ4v) is 12.8. The van der Waals surface area contributed by atoms with Crippen molar-refractivity contribution in [2.45, 2.75) is 39.3 Å². The SMILES string of the molecule is C[Si](C)(C)[N+]1([Si](C)(C)C)C=CN=CC1. The number of aliphatic imine (C=N–C) groups is 1. The number of quaternary nitrogens is 1. The summed E-state index contributed by atoms with van der Waals surface area (Å²) >= 11 is 0. The molecule has 4 heteroatoms. The first-order valence-electron chi connectivity index (χ1n) is 5.28. The molecule has 0 aromatic heterocycles. The highest BCUT2D eigenvalue weighted by molar-refractivity contribution is 6.82. The third kappa shape index (κ3) is 1.78. The Balaban J connectivity index is 3.18. The summed E-state index contributed by atoms with van der Waals surface area (Å²) < 4.78 is 1.24. The Hall–Kier alpha value is -0.196. The van der Waals surface area contributed by atoms with Gasteiger partial charge in [0.25, 0.3) is 16.5 Å². The van der Waals surface area contributed by atoms with Gasteiger partial charge in [-0.1, -0.05) is 0 Å². The lowest BCUT2D eigenvalue weighted by Crippen LogP contribution is -2.72. The molecule has 0 N–H and O–H groups in total. The average molecular weight is 227 g/mol. The van der Waals surface area contributed by atoms with Crippen LogP contribution in [0.5, 0.6) is 0 Å². The summed E-state index contributed by atoms with van der Waals surface area (Å²) in [6.45, 7) is 15.9. The standard InChI is InChI=1S/C10H23N2Si2/c1-13(2,3)12(14(4,5)6)9-7-11-8-10-12/h7-9H,10H2,1-6H3/q+1. The largest absolute Gasteiger partial charge is 0.412 e. The van der Waals surface area contributed by atoms with E-state index >= 15 is 0 Å². The van der Waals surface area contributed by atoms with Crippen molar-refractivity contribution in [3.63, 3.8) is 0 Å². The average Bonchev–Trinajstić information content (AvgIpc) is 2.02. The van der Waals surface area contributed by atoms with E-state index in [9.17, 15) is 0 Å². The first-order chi connectivity index (χ1) is 6.21. The van der Waals surface area contributed by atoms with Crippen LogP contribution in [0.2, 0.25) is 39.3 Å². The van der Waals surface area contributed by atoms with Gasteiger partial charge in [0, 0.05) is 0 Å². The van der Waals surface area contributed by atoms with Crippen LogP contribution in [0.1, 0.15) is 0 Å². The van der Waals surface area contributed by atoms with E-state index in [4.69, 9.17) is 0 Å². The molecule has 0 amide bonds. The summed E-state index contributed by atoms with van der Waals surface area (Å²) in [7, 11) is -2.44. The second-order valence-corrected chi connectivity index (χ2v) is 16.7. The number of hydrogen-bond donors (Lipinski definition) is 0. The molecule has 0 radical (unpaired) electrons. The third-order valence-corrected chi connectivity index (χ3v) is 12.8. The molecule has 0 bridgehead atoms. The van der Waals surface area contributed by atoms with Crippen LogP contribution in [-0.2, 0) is 0 Å². The van der Waals surface area contributed by atoms with Crippen LogP contribution < -0.4 is 0 Å². The van der Waals surface area contributed by atoms with Gasteiger partial charge in [0.2, 0.25) is 0 Å². The zero-order valence-electron chi connectivity index (χ0n) is 10.3. The molecule has 0 fully saturated rings.